The fourth-order valence-corrected chi connectivity index (χ4v) is 2.98. The summed E-state index contributed by atoms with van der Waals surface area (Å²) in [6.07, 6.45) is 2.14. The Hall–Kier alpha value is -2.22. The zero-order chi connectivity index (χ0) is 16.1. The first-order chi connectivity index (χ1) is 11.3. The molecule has 0 spiro atoms. The minimum absolute atomic E-state index is 0.0174. The zero-order valence-electron chi connectivity index (χ0n) is 12.8. The van der Waals surface area contributed by atoms with Gasteiger partial charge in [-0.1, -0.05) is 24.3 Å². The van der Waals surface area contributed by atoms with Gasteiger partial charge < -0.3 is 10.1 Å². The quantitative estimate of drug-likeness (QED) is 0.915. The minimum Gasteiger partial charge on any atom is -0.376 e. The Kier molecular flexibility index (Phi) is 5.02. The monoisotopic (exact) mass is 310 g/mol. The molecule has 2 aromatic rings. The largest absolute Gasteiger partial charge is 0.376 e. The third kappa shape index (κ3) is 3.95. The van der Waals surface area contributed by atoms with Gasteiger partial charge in [0.1, 0.15) is 5.82 Å². The van der Waals surface area contributed by atoms with Crippen LogP contribution in [0.5, 0.6) is 0 Å². The van der Waals surface area contributed by atoms with Crippen LogP contribution in [0.25, 0.3) is 0 Å². The standard InChI is InChI=1S/C19H19FN2O/c20-17-8-6-16(7-9-17)19(18-5-2-10-23-18)22-13-15-4-1-3-14(11-15)12-21/h1,3-4,6-9,11,18-19,22H,2,5,10,13H2/t18-,19+/m0/s1. The van der Waals surface area contributed by atoms with Crippen molar-refractivity contribution in [3.05, 3.63) is 71.0 Å². The fraction of sp³-hybridized carbons (Fsp3) is 0.316. The van der Waals surface area contributed by atoms with Gasteiger partial charge in [0, 0.05) is 13.2 Å². The maximum Gasteiger partial charge on any atom is 0.123 e. The Morgan fingerprint density at radius 2 is 2.09 bits per heavy atom. The van der Waals surface area contributed by atoms with Crippen molar-refractivity contribution >= 4 is 0 Å². The molecule has 2 aromatic carbocycles. The molecule has 0 unspecified atom stereocenters. The highest BCUT2D eigenvalue weighted by Gasteiger charge is 2.27. The fourth-order valence-electron chi connectivity index (χ4n) is 2.98. The summed E-state index contributed by atoms with van der Waals surface area (Å²) in [5.74, 6) is -0.235. The summed E-state index contributed by atoms with van der Waals surface area (Å²) in [5.41, 5.74) is 2.73. The second-order valence-electron chi connectivity index (χ2n) is 5.77. The molecule has 1 saturated heterocycles. The van der Waals surface area contributed by atoms with Crippen molar-refractivity contribution in [3.8, 4) is 6.07 Å². The van der Waals surface area contributed by atoms with Gasteiger partial charge in [0.25, 0.3) is 0 Å². The van der Waals surface area contributed by atoms with Gasteiger partial charge in [-0.2, -0.15) is 5.26 Å². The molecule has 4 heteroatoms. The average molecular weight is 310 g/mol. The lowest BCUT2D eigenvalue weighted by molar-refractivity contribution is 0.0776. The summed E-state index contributed by atoms with van der Waals surface area (Å²) < 4.78 is 19.0. The van der Waals surface area contributed by atoms with Crippen LogP contribution in [-0.2, 0) is 11.3 Å². The van der Waals surface area contributed by atoms with Crippen LogP contribution in [0.3, 0.4) is 0 Å². The summed E-state index contributed by atoms with van der Waals surface area (Å²) in [4.78, 5) is 0. The molecule has 1 aliphatic heterocycles. The van der Waals surface area contributed by atoms with Crippen molar-refractivity contribution in [1.82, 2.24) is 5.32 Å². The minimum atomic E-state index is -0.235. The van der Waals surface area contributed by atoms with E-state index >= 15 is 0 Å². The van der Waals surface area contributed by atoms with Crippen LogP contribution in [-0.4, -0.2) is 12.7 Å². The number of nitrogens with one attached hydrogen (secondary N) is 1. The molecule has 3 rings (SSSR count). The first-order valence-corrected chi connectivity index (χ1v) is 7.86. The molecule has 23 heavy (non-hydrogen) atoms. The summed E-state index contributed by atoms with van der Waals surface area (Å²) >= 11 is 0. The first kappa shape index (κ1) is 15.7. The molecule has 0 aromatic heterocycles. The van der Waals surface area contributed by atoms with E-state index in [-0.39, 0.29) is 18.0 Å². The van der Waals surface area contributed by atoms with Gasteiger partial charge in [0.15, 0.2) is 0 Å². The van der Waals surface area contributed by atoms with Gasteiger partial charge >= 0.3 is 0 Å². The number of nitriles is 1. The first-order valence-electron chi connectivity index (χ1n) is 7.86. The third-order valence-corrected chi connectivity index (χ3v) is 4.15. The van der Waals surface area contributed by atoms with Crippen molar-refractivity contribution in [2.45, 2.75) is 31.5 Å². The number of ether oxygens (including phenoxy) is 1. The maximum absolute atomic E-state index is 13.2. The Morgan fingerprint density at radius 1 is 1.26 bits per heavy atom. The normalized spacial score (nSPS) is 18.5. The second-order valence-corrected chi connectivity index (χ2v) is 5.77. The lowest BCUT2D eigenvalue weighted by Gasteiger charge is -2.25. The zero-order valence-corrected chi connectivity index (χ0v) is 12.8. The summed E-state index contributed by atoms with van der Waals surface area (Å²) in [5, 5.41) is 12.5. The van der Waals surface area contributed by atoms with Crippen LogP contribution in [0.2, 0.25) is 0 Å². The number of hydrogen-bond acceptors (Lipinski definition) is 3. The van der Waals surface area contributed by atoms with Crippen LogP contribution in [0.4, 0.5) is 4.39 Å². The van der Waals surface area contributed by atoms with Gasteiger partial charge in [-0.05, 0) is 48.2 Å². The number of rotatable bonds is 5. The number of nitrogens with zero attached hydrogens (tertiary/aromatic N) is 1. The Bertz CT molecular complexity index is 687. The van der Waals surface area contributed by atoms with Crippen molar-refractivity contribution < 1.29 is 9.13 Å². The molecule has 0 saturated carbocycles. The molecule has 118 valence electrons. The van der Waals surface area contributed by atoms with Crippen LogP contribution < -0.4 is 5.32 Å². The molecule has 2 atom stereocenters. The van der Waals surface area contributed by atoms with Gasteiger partial charge in [-0.15, -0.1) is 0 Å². The van der Waals surface area contributed by atoms with E-state index in [4.69, 9.17) is 10.00 Å². The predicted octanol–water partition coefficient (Wildman–Crippen LogP) is 3.71. The van der Waals surface area contributed by atoms with Crippen LogP contribution in [0, 0.1) is 17.1 Å². The summed E-state index contributed by atoms with van der Waals surface area (Å²) in [7, 11) is 0. The molecular weight excluding hydrogens is 291 g/mol. The smallest absolute Gasteiger partial charge is 0.123 e. The van der Waals surface area contributed by atoms with E-state index in [1.165, 1.54) is 12.1 Å². The SMILES string of the molecule is N#Cc1cccc(CN[C@H](c2ccc(F)cc2)[C@@H]2CCCO2)c1. The number of halogens is 1. The van der Waals surface area contributed by atoms with Crippen molar-refractivity contribution in [1.29, 1.82) is 5.26 Å². The van der Waals surface area contributed by atoms with Crippen molar-refractivity contribution in [2.24, 2.45) is 0 Å². The van der Waals surface area contributed by atoms with Gasteiger partial charge in [-0.25, -0.2) is 4.39 Å². The van der Waals surface area contributed by atoms with E-state index in [0.717, 1.165) is 30.6 Å². The third-order valence-electron chi connectivity index (χ3n) is 4.15. The van der Waals surface area contributed by atoms with Crippen LogP contribution >= 0.6 is 0 Å². The topological polar surface area (TPSA) is 45.0 Å². The molecule has 0 amide bonds. The number of benzene rings is 2. The highest BCUT2D eigenvalue weighted by Crippen LogP contribution is 2.27. The highest BCUT2D eigenvalue weighted by molar-refractivity contribution is 5.33. The molecule has 1 N–H and O–H groups in total. The molecule has 1 heterocycles. The highest BCUT2D eigenvalue weighted by atomic mass is 19.1. The summed E-state index contributed by atoms with van der Waals surface area (Å²) in [6, 6.07) is 16.3. The second kappa shape index (κ2) is 7.36. The molecule has 0 radical (unpaired) electrons. The summed E-state index contributed by atoms with van der Waals surface area (Å²) in [6.45, 7) is 1.41. The molecule has 1 aliphatic rings. The van der Waals surface area contributed by atoms with Crippen molar-refractivity contribution in [3.63, 3.8) is 0 Å². The predicted molar refractivity (Wildman–Crippen MR) is 86.1 cm³/mol. The van der Waals surface area contributed by atoms with E-state index in [9.17, 15) is 4.39 Å². The maximum atomic E-state index is 13.2. The van der Waals surface area contributed by atoms with E-state index in [1.54, 1.807) is 18.2 Å². The molecule has 1 fully saturated rings. The Labute approximate surface area is 135 Å². The van der Waals surface area contributed by atoms with Gasteiger partial charge in [0.05, 0.1) is 23.8 Å². The molecule has 0 aliphatic carbocycles. The average Bonchev–Trinajstić information content (AvgIpc) is 3.11. The molecular formula is C19H19FN2O. The van der Waals surface area contributed by atoms with E-state index in [1.807, 2.05) is 18.2 Å². The lowest BCUT2D eigenvalue weighted by Crippen LogP contribution is -2.31. The Morgan fingerprint density at radius 3 is 2.78 bits per heavy atom. The van der Waals surface area contributed by atoms with Crippen LogP contribution in [0.15, 0.2) is 48.5 Å². The van der Waals surface area contributed by atoms with Gasteiger partial charge in [-0.3, -0.25) is 0 Å². The van der Waals surface area contributed by atoms with Crippen LogP contribution in [0.1, 0.15) is 35.6 Å². The molecule has 3 nitrogen and oxygen atoms in total. The molecule has 0 bridgehead atoms. The number of hydrogen-bond donors (Lipinski definition) is 1. The van der Waals surface area contributed by atoms with E-state index < -0.39 is 0 Å². The van der Waals surface area contributed by atoms with E-state index in [0.29, 0.717) is 12.1 Å². The Balaban J connectivity index is 1.75. The van der Waals surface area contributed by atoms with Gasteiger partial charge in [0.2, 0.25) is 0 Å². The lowest BCUT2D eigenvalue weighted by atomic mass is 9.98. The van der Waals surface area contributed by atoms with E-state index in [2.05, 4.69) is 11.4 Å². The van der Waals surface area contributed by atoms with Crippen molar-refractivity contribution in [2.75, 3.05) is 6.61 Å².